The van der Waals surface area contributed by atoms with E-state index >= 15 is 0 Å². The summed E-state index contributed by atoms with van der Waals surface area (Å²) in [6.07, 6.45) is 2.46. The first-order chi connectivity index (χ1) is 12.3. The van der Waals surface area contributed by atoms with Crippen molar-refractivity contribution in [3.05, 3.63) is 59.7 Å². The lowest BCUT2D eigenvalue weighted by Gasteiger charge is -2.32. The van der Waals surface area contributed by atoms with Gasteiger partial charge in [0.05, 0.1) is 5.92 Å². The van der Waals surface area contributed by atoms with Crippen molar-refractivity contribution in [1.82, 2.24) is 10.2 Å². The van der Waals surface area contributed by atoms with E-state index in [9.17, 15) is 9.59 Å². The van der Waals surface area contributed by atoms with Crippen molar-refractivity contribution in [2.24, 2.45) is 0 Å². The molecule has 0 atom stereocenters. The molecule has 0 spiro atoms. The zero-order chi connectivity index (χ0) is 17.2. The number of hydrogen-bond acceptors (Lipinski definition) is 3. The Balaban J connectivity index is 1.59. The number of nitrogens with one attached hydrogen (secondary N) is 1. The Morgan fingerprint density at radius 1 is 1.00 bits per heavy atom. The second-order valence-corrected chi connectivity index (χ2v) is 6.53. The number of carbonyl (C=O) groups is 2. The maximum atomic E-state index is 13.1. The summed E-state index contributed by atoms with van der Waals surface area (Å²) in [7, 11) is 0. The van der Waals surface area contributed by atoms with E-state index in [1.807, 2.05) is 48.5 Å². The minimum atomic E-state index is -0.370. The third kappa shape index (κ3) is 2.97. The molecule has 2 heterocycles. The molecule has 1 saturated heterocycles. The Bertz CT molecular complexity index is 752. The molecular weight excluding hydrogens is 316 g/mol. The quantitative estimate of drug-likeness (QED) is 0.877. The molecule has 2 aromatic rings. The predicted molar refractivity (Wildman–Crippen MR) is 93.6 cm³/mol. The van der Waals surface area contributed by atoms with Crippen molar-refractivity contribution >= 4 is 12.3 Å². The first-order valence-electron chi connectivity index (χ1n) is 8.61. The number of piperidine rings is 1. The molecule has 5 nitrogen and oxygen atoms in total. The van der Waals surface area contributed by atoms with E-state index in [2.05, 4.69) is 5.32 Å². The number of nitrogens with zero attached hydrogens (tertiary/aromatic N) is 1. The summed E-state index contributed by atoms with van der Waals surface area (Å²) in [6, 6.07) is 15.5. The number of para-hydroxylation sites is 2. The fraction of sp³-hybridized carbons (Fsp3) is 0.300. The molecule has 4 rings (SSSR count). The number of hydrogen-bond donors (Lipinski definition) is 1. The third-order valence-electron chi connectivity index (χ3n) is 4.97. The van der Waals surface area contributed by atoms with Gasteiger partial charge in [-0.05, 0) is 25.0 Å². The molecule has 25 heavy (non-hydrogen) atoms. The summed E-state index contributed by atoms with van der Waals surface area (Å²) >= 11 is 0. The van der Waals surface area contributed by atoms with Crippen molar-refractivity contribution in [2.45, 2.75) is 24.8 Å². The molecule has 2 aliphatic rings. The Kier molecular flexibility index (Phi) is 4.14. The third-order valence-corrected chi connectivity index (χ3v) is 4.97. The first kappa shape index (κ1) is 15.7. The van der Waals surface area contributed by atoms with Gasteiger partial charge in [-0.3, -0.25) is 9.59 Å². The van der Waals surface area contributed by atoms with E-state index < -0.39 is 0 Å². The normalized spacial score (nSPS) is 17.2. The summed E-state index contributed by atoms with van der Waals surface area (Å²) in [6.45, 7) is 1.38. The van der Waals surface area contributed by atoms with Crippen molar-refractivity contribution < 1.29 is 14.3 Å². The van der Waals surface area contributed by atoms with Gasteiger partial charge in [-0.1, -0.05) is 36.4 Å². The smallest absolute Gasteiger partial charge is 0.232 e. The van der Waals surface area contributed by atoms with Crippen molar-refractivity contribution in [1.29, 1.82) is 0 Å². The highest BCUT2D eigenvalue weighted by atomic mass is 16.5. The predicted octanol–water partition coefficient (Wildman–Crippen LogP) is 2.66. The van der Waals surface area contributed by atoms with E-state index in [1.54, 1.807) is 4.90 Å². The van der Waals surface area contributed by atoms with E-state index in [1.165, 1.54) is 0 Å². The molecule has 0 saturated carbocycles. The number of amides is 2. The number of likely N-dealkylation sites (tertiary alicyclic amines) is 1. The van der Waals surface area contributed by atoms with Crippen LogP contribution in [0.4, 0.5) is 0 Å². The van der Waals surface area contributed by atoms with Crippen molar-refractivity contribution in [3.63, 3.8) is 0 Å². The molecule has 2 aromatic carbocycles. The second kappa shape index (κ2) is 6.59. The molecule has 128 valence electrons. The second-order valence-electron chi connectivity index (χ2n) is 6.53. The lowest BCUT2D eigenvalue weighted by atomic mass is 9.87. The lowest BCUT2D eigenvalue weighted by Crippen LogP contribution is -2.45. The molecule has 0 unspecified atom stereocenters. The van der Waals surface area contributed by atoms with E-state index in [0.717, 1.165) is 41.9 Å². The first-order valence-corrected chi connectivity index (χ1v) is 8.61. The molecular formula is C20H20N2O3. The van der Waals surface area contributed by atoms with Crippen LogP contribution in [0.1, 0.15) is 29.9 Å². The standard InChI is InChI=1S/C20H20N2O3/c23-13-22-11-9-14(10-12-22)21-20(24)19-15-5-1-3-7-17(15)25-18-8-4-2-6-16(18)19/h1-8,13-14,19H,9-12H2,(H,21,24). The Morgan fingerprint density at radius 3 is 2.12 bits per heavy atom. The average molecular weight is 336 g/mol. The van der Waals surface area contributed by atoms with Crippen LogP contribution in [0, 0.1) is 0 Å². The molecule has 0 bridgehead atoms. The van der Waals surface area contributed by atoms with Gasteiger partial charge in [0.25, 0.3) is 0 Å². The van der Waals surface area contributed by atoms with Gasteiger partial charge in [-0.2, -0.15) is 0 Å². The lowest BCUT2D eigenvalue weighted by molar-refractivity contribution is -0.123. The Labute approximate surface area is 146 Å². The van der Waals surface area contributed by atoms with Crippen LogP contribution >= 0.6 is 0 Å². The zero-order valence-electron chi connectivity index (χ0n) is 13.9. The summed E-state index contributed by atoms with van der Waals surface area (Å²) in [5, 5.41) is 3.18. The van der Waals surface area contributed by atoms with Crippen LogP contribution in [0.3, 0.4) is 0 Å². The maximum absolute atomic E-state index is 13.1. The molecule has 1 fully saturated rings. The van der Waals surface area contributed by atoms with E-state index in [4.69, 9.17) is 4.74 Å². The zero-order valence-corrected chi connectivity index (χ0v) is 13.9. The van der Waals surface area contributed by atoms with Gasteiger partial charge in [-0.25, -0.2) is 0 Å². The summed E-state index contributed by atoms with van der Waals surface area (Å²) in [4.78, 5) is 25.7. The largest absolute Gasteiger partial charge is 0.457 e. The van der Waals surface area contributed by atoms with Gasteiger partial charge >= 0.3 is 0 Å². The SMILES string of the molecule is O=CN1CCC(NC(=O)C2c3ccccc3Oc3ccccc32)CC1. The van der Waals surface area contributed by atoms with Gasteiger partial charge in [0, 0.05) is 30.3 Å². The fourth-order valence-corrected chi connectivity index (χ4v) is 3.63. The number of benzene rings is 2. The van der Waals surface area contributed by atoms with Crippen molar-refractivity contribution in [3.8, 4) is 11.5 Å². The van der Waals surface area contributed by atoms with Crippen LogP contribution < -0.4 is 10.1 Å². The number of rotatable bonds is 3. The summed E-state index contributed by atoms with van der Waals surface area (Å²) in [5.41, 5.74) is 1.79. The van der Waals surface area contributed by atoms with Crippen LogP contribution in [-0.2, 0) is 9.59 Å². The highest BCUT2D eigenvalue weighted by Crippen LogP contribution is 2.43. The maximum Gasteiger partial charge on any atom is 0.232 e. The number of fused-ring (bicyclic) bond motifs is 2. The fourth-order valence-electron chi connectivity index (χ4n) is 3.63. The molecule has 0 radical (unpaired) electrons. The number of ether oxygens (including phenoxy) is 1. The van der Waals surface area contributed by atoms with Crippen LogP contribution in [0.15, 0.2) is 48.5 Å². The minimum Gasteiger partial charge on any atom is -0.457 e. The van der Waals surface area contributed by atoms with Crippen molar-refractivity contribution in [2.75, 3.05) is 13.1 Å². The topological polar surface area (TPSA) is 58.6 Å². The molecule has 2 aliphatic heterocycles. The molecule has 5 heteroatoms. The number of carbonyl (C=O) groups excluding carboxylic acids is 2. The monoisotopic (exact) mass is 336 g/mol. The van der Waals surface area contributed by atoms with E-state index in [-0.39, 0.29) is 17.9 Å². The van der Waals surface area contributed by atoms with Gasteiger partial charge in [-0.15, -0.1) is 0 Å². The average Bonchev–Trinajstić information content (AvgIpc) is 2.66. The molecule has 1 N–H and O–H groups in total. The summed E-state index contributed by atoms with van der Waals surface area (Å²) < 4.78 is 5.95. The van der Waals surface area contributed by atoms with Gasteiger partial charge in [0.1, 0.15) is 11.5 Å². The van der Waals surface area contributed by atoms with Crippen LogP contribution in [0.2, 0.25) is 0 Å². The summed E-state index contributed by atoms with van der Waals surface area (Å²) in [5.74, 6) is 1.09. The highest BCUT2D eigenvalue weighted by molar-refractivity contribution is 5.89. The molecule has 0 aromatic heterocycles. The van der Waals surface area contributed by atoms with E-state index in [0.29, 0.717) is 13.1 Å². The van der Waals surface area contributed by atoms with Crippen LogP contribution in [0.5, 0.6) is 11.5 Å². The highest BCUT2D eigenvalue weighted by Gasteiger charge is 2.33. The van der Waals surface area contributed by atoms with Crippen LogP contribution in [0.25, 0.3) is 0 Å². The Morgan fingerprint density at radius 2 is 1.56 bits per heavy atom. The molecule has 0 aliphatic carbocycles. The van der Waals surface area contributed by atoms with Gasteiger partial charge < -0.3 is 15.0 Å². The van der Waals surface area contributed by atoms with Gasteiger partial charge in [0.15, 0.2) is 0 Å². The molecule has 2 amide bonds. The minimum absolute atomic E-state index is 0.00671. The Hall–Kier alpha value is -2.82. The van der Waals surface area contributed by atoms with Gasteiger partial charge in [0.2, 0.25) is 12.3 Å². The van der Waals surface area contributed by atoms with Crippen LogP contribution in [-0.4, -0.2) is 36.3 Å².